The summed E-state index contributed by atoms with van der Waals surface area (Å²) in [5.41, 5.74) is 1.53. The van der Waals surface area contributed by atoms with Crippen molar-refractivity contribution in [3.8, 4) is 0 Å². The molecule has 106 valence electrons. The van der Waals surface area contributed by atoms with E-state index in [0.717, 1.165) is 6.42 Å². The van der Waals surface area contributed by atoms with Gasteiger partial charge < -0.3 is 0 Å². The van der Waals surface area contributed by atoms with Crippen LogP contribution in [0.5, 0.6) is 0 Å². The first-order valence-corrected chi connectivity index (χ1v) is 11.3. The summed E-state index contributed by atoms with van der Waals surface area (Å²) in [6.45, 7) is 6.78. The molecule has 1 aliphatic carbocycles. The van der Waals surface area contributed by atoms with Gasteiger partial charge in [-0.2, -0.15) is 0 Å². The molecule has 1 aromatic heterocycles. The number of nitrogens with one attached hydrogen (secondary N) is 1. The third-order valence-corrected chi connectivity index (χ3v) is 8.44. The van der Waals surface area contributed by atoms with Crippen LogP contribution in [0.1, 0.15) is 27.2 Å². The number of hydrogen-bond donors (Lipinski definition) is 1. The molecule has 0 saturated heterocycles. The van der Waals surface area contributed by atoms with E-state index in [9.17, 15) is 0 Å². The van der Waals surface area contributed by atoms with Crippen molar-refractivity contribution in [2.75, 3.05) is 0 Å². The van der Waals surface area contributed by atoms with Gasteiger partial charge in [-0.1, -0.05) is 0 Å². The Hall–Kier alpha value is -0.349. The minimum absolute atomic E-state index is 0. The summed E-state index contributed by atoms with van der Waals surface area (Å²) in [7, 11) is 0. The van der Waals surface area contributed by atoms with Gasteiger partial charge >= 0.3 is 115 Å². The van der Waals surface area contributed by atoms with Gasteiger partial charge in [0.25, 0.3) is 0 Å². The molecule has 0 fully saturated rings. The first-order chi connectivity index (χ1) is 8.28. The number of aromatic nitrogens is 1. The van der Waals surface area contributed by atoms with E-state index in [4.69, 9.17) is 0 Å². The molecule has 4 heteroatoms. The molecular weight excluding hydrogens is 284 g/mol. The van der Waals surface area contributed by atoms with Gasteiger partial charge in [-0.25, -0.2) is 0 Å². The zero-order valence-corrected chi connectivity index (χ0v) is 13.7. The van der Waals surface area contributed by atoms with Crippen molar-refractivity contribution in [1.82, 2.24) is 8.37 Å². The van der Waals surface area contributed by atoms with Crippen LogP contribution >= 0.6 is 0 Å². The molecule has 0 spiro atoms. The fourth-order valence-electron chi connectivity index (χ4n) is 2.65. The van der Waals surface area contributed by atoms with Gasteiger partial charge in [0.15, 0.2) is 0 Å². The molecule has 1 aliphatic rings. The average Bonchev–Trinajstić information content (AvgIpc) is 2.85. The van der Waals surface area contributed by atoms with Crippen LogP contribution in [0.2, 0.25) is 10.5 Å². The van der Waals surface area contributed by atoms with E-state index >= 15 is 0 Å². The quantitative estimate of drug-likeness (QED) is 0.849. The van der Waals surface area contributed by atoms with E-state index in [1.165, 1.54) is 5.70 Å². The Kier molecular flexibility index (Phi) is 5.24. The summed E-state index contributed by atoms with van der Waals surface area (Å²) in [6.07, 6.45) is 10.1. The molecule has 0 bridgehead atoms. The summed E-state index contributed by atoms with van der Waals surface area (Å²) in [6, 6.07) is 4.15. The minimum Gasteiger partial charge on any atom is -0.0149 e. The van der Waals surface area contributed by atoms with Gasteiger partial charge in [-0.15, -0.1) is 0 Å². The molecule has 19 heavy (non-hydrogen) atoms. The largest absolute Gasteiger partial charge is 0.0149 e. The first-order valence-electron chi connectivity index (χ1n) is 6.62. The summed E-state index contributed by atoms with van der Waals surface area (Å²) in [5, 5.41) is 4.90. The number of allylic oxidation sites excluding steroid dienone is 4. The summed E-state index contributed by atoms with van der Waals surface area (Å²) in [4.78, 5) is 0. The van der Waals surface area contributed by atoms with Crippen LogP contribution < -0.4 is 3.80 Å². The van der Waals surface area contributed by atoms with Gasteiger partial charge in [0, 0.05) is 0 Å². The third kappa shape index (κ3) is 4.32. The normalized spacial score (nSPS) is 15.8. The van der Waals surface area contributed by atoms with Crippen molar-refractivity contribution in [3.63, 3.8) is 0 Å². The van der Waals surface area contributed by atoms with E-state index in [1.807, 2.05) is 0 Å². The summed E-state index contributed by atoms with van der Waals surface area (Å²) >= 11 is -2.06. The third-order valence-electron chi connectivity index (χ3n) is 3.25. The first kappa shape index (κ1) is 16.7. The fourth-order valence-corrected chi connectivity index (χ4v) is 7.58. The van der Waals surface area contributed by atoms with E-state index in [0.29, 0.717) is 0 Å². The van der Waals surface area contributed by atoms with Crippen LogP contribution in [0.25, 0.3) is 5.70 Å². The molecule has 1 aromatic rings. The minimum atomic E-state index is -2.06. The maximum absolute atomic E-state index is 3.88. The standard InChI is InChI=1S/C9H8N.C4H10N.2CH3.H4Si.Ti/c1-2-6-9(5-1)10-7-3-4-8-10;1-4(2,3)5;;;;/h3-8H,1H2;5H,1-3H3;2*1H3;1H4;/q;-1;;;;+1. The second kappa shape index (κ2) is 5.96. The van der Waals surface area contributed by atoms with Crippen molar-refractivity contribution >= 4 is 16.7 Å². The molecule has 0 saturated carbocycles. The van der Waals surface area contributed by atoms with Crippen LogP contribution in [-0.2, 0) is 16.8 Å². The predicted molar refractivity (Wildman–Crippen MR) is 87.4 cm³/mol. The average molecular weight is 312 g/mol. The van der Waals surface area contributed by atoms with Gasteiger partial charge in [0.2, 0.25) is 0 Å². The zero-order chi connectivity index (χ0) is 13.4. The Morgan fingerprint density at radius 3 is 2.26 bits per heavy atom. The summed E-state index contributed by atoms with van der Waals surface area (Å²) < 4.78 is 7.71. The molecule has 0 unspecified atom stereocenters. The van der Waals surface area contributed by atoms with Crippen molar-refractivity contribution < 1.29 is 16.8 Å². The van der Waals surface area contributed by atoms with Gasteiger partial charge in [0.05, 0.1) is 0 Å². The second-order valence-corrected chi connectivity index (χ2v) is 13.1. The second-order valence-electron chi connectivity index (χ2n) is 6.59. The molecule has 2 nitrogen and oxygen atoms in total. The van der Waals surface area contributed by atoms with E-state index in [-0.39, 0.29) is 16.5 Å². The predicted octanol–water partition coefficient (Wildman–Crippen LogP) is 2.72. The molecule has 0 aliphatic heterocycles. The van der Waals surface area contributed by atoms with Crippen molar-refractivity contribution in [1.29, 1.82) is 0 Å². The summed E-state index contributed by atoms with van der Waals surface area (Å²) in [5.74, 6) is 0. The molecule has 0 radical (unpaired) electrons. The molecule has 1 heterocycles. The Morgan fingerprint density at radius 2 is 1.74 bits per heavy atom. The van der Waals surface area contributed by atoms with Crippen LogP contribution in [-0.4, -0.2) is 21.1 Å². The Bertz CT molecular complexity index is 479. The number of nitrogens with zero attached hydrogens (tertiary/aromatic N) is 1. The van der Waals surface area contributed by atoms with Crippen LogP contribution in [0, 0.1) is 0 Å². The van der Waals surface area contributed by atoms with E-state index in [1.54, 1.807) is 3.88 Å². The molecule has 2 rings (SSSR count). The van der Waals surface area contributed by atoms with Crippen molar-refractivity contribution in [3.05, 3.63) is 40.6 Å². The Morgan fingerprint density at radius 1 is 1.16 bits per heavy atom. The van der Waals surface area contributed by atoms with Crippen LogP contribution in [0.4, 0.5) is 0 Å². The van der Waals surface area contributed by atoms with Gasteiger partial charge in [-0.3, -0.25) is 0 Å². The molecule has 0 amide bonds. The topological polar surface area (TPSA) is 17.0 Å². The zero-order valence-electron chi connectivity index (χ0n) is 12.1. The van der Waals surface area contributed by atoms with Crippen molar-refractivity contribution in [2.24, 2.45) is 0 Å². The number of hydrogen-bond acceptors (Lipinski definition) is 1. The van der Waals surface area contributed by atoms with E-state index in [2.05, 4.69) is 76.3 Å². The molecule has 1 N–H and O–H groups in total. The van der Waals surface area contributed by atoms with E-state index < -0.39 is 16.8 Å². The maximum Gasteiger partial charge on any atom is -0.0149 e. The molecule has 0 atom stereocenters. The molecule has 0 aromatic carbocycles. The Balaban J connectivity index is 0.00000180. The smallest absolute Gasteiger partial charge is 0.0149 e. The van der Waals surface area contributed by atoms with Crippen LogP contribution in [0.15, 0.2) is 40.6 Å². The van der Waals surface area contributed by atoms with Gasteiger partial charge in [0.1, 0.15) is 0 Å². The van der Waals surface area contributed by atoms with Crippen LogP contribution in [0.3, 0.4) is 0 Å². The molecular formula is C15H28N2SiTi. The SMILES string of the molecule is CC(C)(C)[NH][Ti]([CH3])([CH3])[C]1=CC(n2cccc2)=CC1.[SiH4]. The Labute approximate surface area is 125 Å². The fraction of sp³-hybridized carbons (Fsp3) is 0.467. The van der Waals surface area contributed by atoms with Gasteiger partial charge in [-0.05, 0) is 11.0 Å². The maximum atomic E-state index is 3.88. The number of rotatable bonds is 3. The monoisotopic (exact) mass is 312 g/mol. The van der Waals surface area contributed by atoms with Crippen molar-refractivity contribution in [2.45, 2.75) is 43.2 Å².